The van der Waals surface area contributed by atoms with Crippen molar-refractivity contribution in [2.45, 2.75) is 26.3 Å². The first-order valence-corrected chi connectivity index (χ1v) is 11.8. The molecule has 4 rings (SSSR count). The summed E-state index contributed by atoms with van der Waals surface area (Å²) in [6, 6.07) is 11.1. The maximum Gasteiger partial charge on any atom is 0.338 e. The third-order valence-corrected chi connectivity index (χ3v) is 6.88. The van der Waals surface area contributed by atoms with Gasteiger partial charge in [-0.15, -0.1) is 0 Å². The second-order valence-electron chi connectivity index (χ2n) is 7.36. The summed E-state index contributed by atoms with van der Waals surface area (Å²) >= 11 is 13.7. The topological polar surface area (TPSA) is 80.9 Å². The second-order valence-corrected chi connectivity index (χ2v) is 9.21. The largest absolute Gasteiger partial charge is 0.508 e. The Labute approximate surface area is 203 Å². The summed E-state index contributed by atoms with van der Waals surface area (Å²) in [5, 5.41) is 11.0. The molecular weight excluding hydrogens is 483 g/mol. The highest BCUT2D eigenvalue weighted by Crippen LogP contribution is 2.34. The number of halogens is 2. The zero-order chi connectivity index (χ0) is 23.7. The molecule has 1 N–H and O–H groups in total. The van der Waals surface area contributed by atoms with Gasteiger partial charge in [0.25, 0.3) is 5.56 Å². The Hall–Kier alpha value is -2.87. The minimum Gasteiger partial charge on any atom is -0.508 e. The van der Waals surface area contributed by atoms with Crippen molar-refractivity contribution >= 4 is 46.6 Å². The van der Waals surface area contributed by atoms with Gasteiger partial charge in [-0.1, -0.05) is 58.8 Å². The highest BCUT2D eigenvalue weighted by Gasteiger charge is 2.34. The molecule has 0 aliphatic carbocycles. The molecule has 9 heteroatoms. The fourth-order valence-corrected chi connectivity index (χ4v) is 5.19. The molecule has 2 aromatic carbocycles. The number of hydrogen-bond acceptors (Lipinski definition) is 6. The molecule has 3 aromatic rings. The number of aromatic nitrogens is 1. The molecule has 0 spiro atoms. The zero-order valence-electron chi connectivity index (χ0n) is 17.8. The lowest BCUT2D eigenvalue weighted by molar-refractivity contribution is -0.139. The number of allylic oxidation sites excluding steroid dienone is 1. The van der Waals surface area contributed by atoms with Gasteiger partial charge in [-0.2, -0.15) is 0 Å². The molecule has 2 heterocycles. The lowest BCUT2D eigenvalue weighted by atomic mass is 9.96. The van der Waals surface area contributed by atoms with E-state index in [2.05, 4.69) is 4.99 Å². The smallest absolute Gasteiger partial charge is 0.338 e. The van der Waals surface area contributed by atoms with E-state index in [0.29, 0.717) is 42.6 Å². The Morgan fingerprint density at radius 3 is 2.76 bits per heavy atom. The van der Waals surface area contributed by atoms with Gasteiger partial charge in [0.1, 0.15) is 11.8 Å². The first kappa shape index (κ1) is 23.3. The van der Waals surface area contributed by atoms with E-state index in [1.165, 1.54) is 22.0 Å². The second kappa shape index (κ2) is 9.55. The monoisotopic (exact) mass is 502 g/mol. The Morgan fingerprint density at radius 1 is 1.27 bits per heavy atom. The summed E-state index contributed by atoms with van der Waals surface area (Å²) in [5.41, 5.74) is 1.64. The summed E-state index contributed by atoms with van der Waals surface area (Å²) in [6.07, 6.45) is 2.03. The van der Waals surface area contributed by atoms with Crippen LogP contribution in [0.2, 0.25) is 10.0 Å². The number of nitrogens with zero attached hydrogens (tertiary/aromatic N) is 2. The summed E-state index contributed by atoms with van der Waals surface area (Å²) in [6.45, 7) is 3.63. The van der Waals surface area contributed by atoms with Crippen LogP contribution in [0.1, 0.15) is 31.0 Å². The van der Waals surface area contributed by atoms with E-state index in [0.717, 1.165) is 0 Å². The highest BCUT2D eigenvalue weighted by atomic mass is 35.5. The minimum absolute atomic E-state index is 0.0952. The first-order chi connectivity index (χ1) is 15.8. The van der Waals surface area contributed by atoms with E-state index in [9.17, 15) is 14.7 Å². The van der Waals surface area contributed by atoms with Gasteiger partial charge in [-0.25, -0.2) is 9.79 Å². The van der Waals surface area contributed by atoms with Gasteiger partial charge in [0.2, 0.25) is 0 Å². The van der Waals surface area contributed by atoms with Crippen LogP contribution in [-0.2, 0) is 16.0 Å². The SMILES string of the molecule is CCOC(=O)C1=C(C)N=c2sc(=CCc3cc(Cl)ccc3O)c(=O)n2[C@H]1c1ccccc1Cl. The molecule has 1 atom stereocenters. The molecule has 0 saturated carbocycles. The normalized spacial score (nSPS) is 15.9. The molecule has 170 valence electrons. The van der Waals surface area contributed by atoms with E-state index in [1.807, 2.05) is 0 Å². The number of hydrogen-bond donors (Lipinski definition) is 1. The molecule has 6 nitrogen and oxygen atoms in total. The predicted octanol–water partition coefficient (Wildman–Crippen LogP) is 4.01. The third kappa shape index (κ3) is 4.49. The van der Waals surface area contributed by atoms with Gasteiger partial charge in [-0.05, 0) is 55.7 Å². The van der Waals surface area contributed by atoms with Crippen LogP contribution in [0.5, 0.6) is 5.75 Å². The van der Waals surface area contributed by atoms with Crippen molar-refractivity contribution in [1.82, 2.24) is 4.57 Å². The van der Waals surface area contributed by atoms with Crippen LogP contribution in [0.15, 0.2) is 63.5 Å². The number of esters is 1. The van der Waals surface area contributed by atoms with Crippen molar-refractivity contribution in [3.8, 4) is 5.75 Å². The fraction of sp³-hybridized carbons (Fsp3) is 0.208. The molecule has 1 aliphatic rings. The predicted molar refractivity (Wildman–Crippen MR) is 130 cm³/mol. The molecule has 0 amide bonds. The molecular formula is C24H20Cl2N2O4S. The fourth-order valence-electron chi connectivity index (χ4n) is 3.74. The highest BCUT2D eigenvalue weighted by molar-refractivity contribution is 7.07. The van der Waals surface area contributed by atoms with E-state index < -0.39 is 12.0 Å². The Balaban J connectivity index is 1.89. The van der Waals surface area contributed by atoms with Gasteiger partial charge in [0, 0.05) is 10.0 Å². The van der Waals surface area contributed by atoms with Crippen molar-refractivity contribution in [2.75, 3.05) is 6.61 Å². The third-order valence-electron chi connectivity index (χ3n) is 5.27. The van der Waals surface area contributed by atoms with Gasteiger partial charge >= 0.3 is 5.97 Å². The molecule has 0 unspecified atom stereocenters. The van der Waals surface area contributed by atoms with Crippen LogP contribution in [0.4, 0.5) is 0 Å². The summed E-state index contributed by atoms with van der Waals surface area (Å²) in [7, 11) is 0. The number of rotatable bonds is 5. The van der Waals surface area contributed by atoms with Crippen molar-refractivity contribution in [1.29, 1.82) is 0 Å². The van der Waals surface area contributed by atoms with E-state index >= 15 is 0 Å². The van der Waals surface area contributed by atoms with E-state index in [1.54, 1.807) is 56.3 Å². The maximum absolute atomic E-state index is 13.5. The van der Waals surface area contributed by atoms with Crippen LogP contribution in [0, 0.1) is 0 Å². The molecule has 0 radical (unpaired) electrons. The lowest BCUT2D eigenvalue weighted by Crippen LogP contribution is -2.40. The van der Waals surface area contributed by atoms with Gasteiger partial charge < -0.3 is 9.84 Å². The molecule has 0 fully saturated rings. The minimum atomic E-state index is -0.768. The van der Waals surface area contributed by atoms with Crippen LogP contribution < -0.4 is 14.9 Å². The number of aromatic hydroxyl groups is 1. The Bertz CT molecular complexity index is 1460. The van der Waals surface area contributed by atoms with Crippen LogP contribution >= 0.6 is 34.5 Å². The van der Waals surface area contributed by atoms with Gasteiger partial charge in [0.05, 0.1) is 22.4 Å². The first-order valence-electron chi connectivity index (χ1n) is 10.2. The number of thiazole rings is 1. The standard InChI is InChI=1S/C24H20Cl2N2O4S/c1-3-32-23(31)20-13(2)27-24-28(21(20)16-6-4-5-7-17(16)26)22(30)19(33-24)11-8-14-12-15(25)9-10-18(14)29/h4-7,9-12,21,29H,3,8H2,1-2H3/t21-/m0/s1. The maximum atomic E-state index is 13.5. The number of carbonyl (C=O) groups is 1. The number of phenols is 1. The van der Waals surface area contributed by atoms with Gasteiger partial charge in [0.15, 0.2) is 4.80 Å². The molecule has 1 aromatic heterocycles. The zero-order valence-corrected chi connectivity index (χ0v) is 20.2. The number of ether oxygens (including phenoxy) is 1. The number of carbonyl (C=O) groups excluding carboxylic acids is 1. The van der Waals surface area contributed by atoms with Crippen molar-refractivity contribution in [2.24, 2.45) is 4.99 Å². The molecule has 0 saturated heterocycles. The Kier molecular flexibility index (Phi) is 6.74. The number of benzene rings is 2. The summed E-state index contributed by atoms with van der Waals surface area (Å²) in [4.78, 5) is 31.3. The number of fused-ring (bicyclic) bond motifs is 1. The van der Waals surface area contributed by atoms with Crippen molar-refractivity contribution in [3.05, 3.63) is 94.6 Å². The average Bonchev–Trinajstić information content (AvgIpc) is 3.09. The van der Waals surface area contributed by atoms with Crippen LogP contribution in [0.3, 0.4) is 0 Å². The Morgan fingerprint density at radius 2 is 2.03 bits per heavy atom. The van der Waals surface area contributed by atoms with Crippen molar-refractivity contribution in [3.63, 3.8) is 0 Å². The molecule has 1 aliphatic heterocycles. The van der Waals surface area contributed by atoms with Crippen molar-refractivity contribution < 1.29 is 14.6 Å². The van der Waals surface area contributed by atoms with Gasteiger partial charge in [-0.3, -0.25) is 9.36 Å². The summed E-state index contributed by atoms with van der Waals surface area (Å²) < 4.78 is 7.19. The number of phenolic OH excluding ortho intramolecular Hbond substituents is 1. The lowest BCUT2D eigenvalue weighted by Gasteiger charge is -2.25. The average molecular weight is 503 g/mol. The van der Waals surface area contributed by atoms with E-state index in [4.69, 9.17) is 27.9 Å². The molecule has 33 heavy (non-hydrogen) atoms. The quantitative estimate of drug-likeness (QED) is 0.534. The van der Waals surface area contributed by atoms with Crippen LogP contribution in [-0.4, -0.2) is 22.2 Å². The summed E-state index contributed by atoms with van der Waals surface area (Å²) in [5.74, 6) is -0.445. The molecule has 0 bridgehead atoms. The van der Waals surface area contributed by atoms with E-state index in [-0.39, 0.29) is 23.5 Å². The van der Waals surface area contributed by atoms with Crippen LogP contribution in [0.25, 0.3) is 6.08 Å².